The quantitative estimate of drug-likeness (QED) is 0.644. The fraction of sp³-hybridized carbons (Fsp3) is 0.842. The Kier molecular flexibility index (Phi) is 7.38. The molecule has 131 valence electrons. The van der Waals surface area contributed by atoms with Crippen LogP contribution in [0.4, 0.5) is 0 Å². The monoisotopic (exact) mass is 323 g/mol. The highest BCUT2D eigenvalue weighted by molar-refractivity contribution is 5.74. The maximum atomic E-state index is 12.3. The molecule has 2 fully saturated rings. The number of ether oxygens (including phenoxy) is 2. The molecule has 0 aromatic carbocycles. The minimum atomic E-state index is -0.388. The van der Waals surface area contributed by atoms with Crippen LogP contribution >= 0.6 is 0 Å². The molecule has 0 heterocycles. The van der Waals surface area contributed by atoms with Gasteiger partial charge in [-0.25, -0.2) is 0 Å². The highest BCUT2D eigenvalue weighted by Crippen LogP contribution is 2.30. The van der Waals surface area contributed by atoms with Gasteiger partial charge in [-0.15, -0.1) is 0 Å². The van der Waals surface area contributed by atoms with Gasteiger partial charge in [0.15, 0.2) is 6.10 Å². The lowest BCUT2D eigenvalue weighted by atomic mass is 9.89. The second-order valence-electron chi connectivity index (χ2n) is 6.89. The van der Waals surface area contributed by atoms with Crippen LogP contribution in [0.25, 0.3) is 0 Å². The Morgan fingerprint density at radius 3 is 1.91 bits per heavy atom. The summed E-state index contributed by atoms with van der Waals surface area (Å²) < 4.78 is 11.3. The van der Waals surface area contributed by atoms with Crippen LogP contribution in [0.2, 0.25) is 0 Å². The van der Waals surface area contributed by atoms with Crippen LogP contribution in [0, 0.1) is 17.9 Å². The summed E-state index contributed by atoms with van der Waals surface area (Å²) in [6.45, 7) is 3.92. The highest BCUT2D eigenvalue weighted by atomic mass is 16.6. The molecule has 0 saturated heterocycles. The molecule has 2 saturated carbocycles. The standard InChI is InChI=1S/C19H31O4/c1-3-16(22-18(20)14-10-6-5-7-11-14)17(4-2)23-19(21)15-12-8-9-13-15/h14-15,17H,3-13H2,1-2H3. The van der Waals surface area contributed by atoms with Gasteiger partial charge in [0.05, 0.1) is 11.8 Å². The van der Waals surface area contributed by atoms with Crippen molar-refractivity contribution in [2.45, 2.75) is 90.6 Å². The van der Waals surface area contributed by atoms with Crippen molar-refractivity contribution in [1.82, 2.24) is 0 Å². The molecular weight excluding hydrogens is 292 g/mol. The Labute approximate surface area is 140 Å². The zero-order valence-electron chi connectivity index (χ0n) is 14.6. The predicted octanol–water partition coefficient (Wildman–Crippen LogP) is 4.56. The molecule has 23 heavy (non-hydrogen) atoms. The lowest BCUT2D eigenvalue weighted by Crippen LogP contribution is -2.32. The summed E-state index contributed by atoms with van der Waals surface area (Å²) in [5, 5.41) is 0. The van der Waals surface area contributed by atoms with E-state index in [1.165, 1.54) is 6.42 Å². The summed E-state index contributed by atoms with van der Waals surface area (Å²) in [5.41, 5.74) is 0. The molecule has 1 unspecified atom stereocenters. The minimum absolute atomic E-state index is 0.0216. The van der Waals surface area contributed by atoms with Gasteiger partial charge in [0.1, 0.15) is 6.10 Å². The predicted molar refractivity (Wildman–Crippen MR) is 88.3 cm³/mol. The highest BCUT2D eigenvalue weighted by Gasteiger charge is 2.33. The van der Waals surface area contributed by atoms with Crippen molar-refractivity contribution in [2.75, 3.05) is 0 Å². The molecule has 0 aromatic heterocycles. The molecule has 4 nitrogen and oxygen atoms in total. The van der Waals surface area contributed by atoms with Crippen LogP contribution in [0.5, 0.6) is 0 Å². The number of esters is 2. The molecule has 2 aliphatic carbocycles. The molecule has 2 aliphatic rings. The molecular formula is C19H31O4. The first-order valence-electron chi connectivity index (χ1n) is 9.43. The van der Waals surface area contributed by atoms with Crippen molar-refractivity contribution in [3.05, 3.63) is 6.10 Å². The molecule has 0 bridgehead atoms. The fourth-order valence-corrected chi connectivity index (χ4v) is 3.69. The Balaban J connectivity index is 1.87. The van der Waals surface area contributed by atoms with Crippen molar-refractivity contribution in [3.8, 4) is 0 Å². The van der Waals surface area contributed by atoms with Crippen molar-refractivity contribution in [2.24, 2.45) is 11.8 Å². The SMILES string of the molecule is CC[C](OC(=O)C1CCCCC1)C(CC)OC(=O)C1CCCC1. The third-order valence-corrected chi connectivity index (χ3v) is 5.20. The van der Waals surface area contributed by atoms with E-state index >= 15 is 0 Å². The molecule has 0 spiro atoms. The molecule has 0 aliphatic heterocycles. The summed E-state index contributed by atoms with van der Waals surface area (Å²) in [4.78, 5) is 24.6. The van der Waals surface area contributed by atoms with Gasteiger partial charge < -0.3 is 9.47 Å². The van der Waals surface area contributed by atoms with E-state index < -0.39 is 0 Å². The van der Waals surface area contributed by atoms with Crippen LogP contribution in [-0.2, 0) is 19.1 Å². The average molecular weight is 323 g/mol. The van der Waals surface area contributed by atoms with Crippen LogP contribution in [0.1, 0.15) is 84.5 Å². The number of hydrogen-bond donors (Lipinski definition) is 0. The molecule has 1 radical (unpaired) electrons. The molecule has 0 N–H and O–H groups in total. The summed E-state index contributed by atoms with van der Waals surface area (Å²) >= 11 is 0. The molecule has 2 rings (SSSR count). The summed E-state index contributed by atoms with van der Waals surface area (Å²) in [5.74, 6) is -0.185. The molecule has 0 amide bonds. The van der Waals surface area contributed by atoms with Gasteiger partial charge >= 0.3 is 11.9 Å². The maximum absolute atomic E-state index is 12.3. The van der Waals surface area contributed by atoms with Gasteiger partial charge in [-0.1, -0.05) is 46.0 Å². The van der Waals surface area contributed by atoms with Crippen molar-refractivity contribution in [1.29, 1.82) is 0 Å². The van der Waals surface area contributed by atoms with E-state index in [0.717, 1.165) is 51.4 Å². The van der Waals surface area contributed by atoms with Crippen LogP contribution in [0.15, 0.2) is 0 Å². The van der Waals surface area contributed by atoms with E-state index in [9.17, 15) is 9.59 Å². The Morgan fingerprint density at radius 1 is 0.870 bits per heavy atom. The Morgan fingerprint density at radius 2 is 1.39 bits per heavy atom. The van der Waals surface area contributed by atoms with Gasteiger partial charge in [0, 0.05) is 0 Å². The third-order valence-electron chi connectivity index (χ3n) is 5.20. The largest absolute Gasteiger partial charge is 0.458 e. The van der Waals surface area contributed by atoms with Crippen LogP contribution in [-0.4, -0.2) is 18.0 Å². The topological polar surface area (TPSA) is 52.6 Å². The number of carbonyl (C=O) groups excluding carboxylic acids is 2. The lowest BCUT2D eigenvalue weighted by Gasteiger charge is -2.27. The van der Waals surface area contributed by atoms with Gasteiger partial charge in [-0.05, 0) is 38.5 Å². The minimum Gasteiger partial charge on any atom is -0.458 e. The smallest absolute Gasteiger partial charge is 0.309 e. The Hall–Kier alpha value is -1.06. The molecule has 0 aromatic rings. The van der Waals surface area contributed by atoms with E-state index in [1.54, 1.807) is 0 Å². The molecule has 4 heteroatoms. The van der Waals surface area contributed by atoms with Crippen LogP contribution in [0.3, 0.4) is 0 Å². The number of rotatable bonds is 7. The first-order chi connectivity index (χ1) is 11.2. The van der Waals surface area contributed by atoms with E-state index in [1.807, 2.05) is 13.8 Å². The second-order valence-corrected chi connectivity index (χ2v) is 6.89. The molecule has 1 atom stereocenters. The third kappa shape index (κ3) is 5.22. The normalized spacial score (nSPS) is 21.3. The van der Waals surface area contributed by atoms with E-state index in [4.69, 9.17) is 9.47 Å². The summed E-state index contributed by atoms with van der Waals surface area (Å²) in [6.07, 6.45) is 10.8. The van der Waals surface area contributed by atoms with Crippen molar-refractivity contribution < 1.29 is 19.1 Å². The number of carbonyl (C=O) groups is 2. The fourth-order valence-electron chi connectivity index (χ4n) is 3.69. The van der Waals surface area contributed by atoms with Crippen molar-refractivity contribution in [3.63, 3.8) is 0 Å². The summed E-state index contributed by atoms with van der Waals surface area (Å²) in [6, 6.07) is 0. The van der Waals surface area contributed by atoms with E-state index in [0.29, 0.717) is 18.9 Å². The van der Waals surface area contributed by atoms with Crippen molar-refractivity contribution >= 4 is 11.9 Å². The van der Waals surface area contributed by atoms with Gasteiger partial charge in [0.25, 0.3) is 0 Å². The average Bonchev–Trinajstić information content (AvgIpc) is 3.13. The van der Waals surface area contributed by atoms with Crippen LogP contribution < -0.4 is 0 Å². The van der Waals surface area contributed by atoms with E-state index in [2.05, 4.69) is 0 Å². The van der Waals surface area contributed by atoms with Gasteiger partial charge in [0.2, 0.25) is 0 Å². The van der Waals surface area contributed by atoms with E-state index in [-0.39, 0.29) is 29.9 Å². The maximum Gasteiger partial charge on any atom is 0.309 e. The van der Waals surface area contributed by atoms with Gasteiger partial charge in [-0.3, -0.25) is 9.59 Å². The first-order valence-corrected chi connectivity index (χ1v) is 9.43. The zero-order valence-corrected chi connectivity index (χ0v) is 14.6. The Bertz CT molecular complexity index is 381. The van der Waals surface area contributed by atoms with Gasteiger partial charge in [-0.2, -0.15) is 0 Å². The first kappa shape index (κ1) is 18.3. The second kappa shape index (κ2) is 9.29. The number of hydrogen-bond acceptors (Lipinski definition) is 4. The zero-order chi connectivity index (χ0) is 16.7. The summed E-state index contributed by atoms with van der Waals surface area (Å²) in [7, 11) is 0. The lowest BCUT2D eigenvalue weighted by molar-refractivity contribution is -0.164.